The summed E-state index contributed by atoms with van der Waals surface area (Å²) in [4.78, 5) is 26.7. The van der Waals surface area contributed by atoms with Crippen LogP contribution in [0.2, 0.25) is 0 Å². The highest BCUT2D eigenvalue weighted by Gasteiger charge is 2.47. The third kappa shape index (κ3) is 50.7. The molecule has 512 valence electrons. The molecule has 11 heteroatoms. The van der Waals surface area contributed by atoms with E-state index in [1.807, 2.05) is 6.08 Å². The van der Waals surface area contributed by atoms with Crippen molar-refractivity contribution in [2.75, 3.05) is 13.2 Å². The zero-order chi connectivity index (χ0) is 63.9. The van der Waals surface area contributed by atoms with Crippen LogP contribution in [0.1, 0.15) is 342 Å². The van der Waals surface area contributed by atoms with E-state index in [9.17, 15) is 35.1 Å². The highest BCUT2D eigenvalue weighted by atomic mass is 16.7. The number of allylic oxidation sites excluding steroid dienone is 11. The lowest BCUT2D eigenvalue weighted by Gasteiger charge is -2.41. The zero-order valence-corrected chi connectivity index (χ0v) is 57.1. The molecule has 1 fully saturated rings. The first-order valence-corrected chi connectivity index (χ1v) is 37.2. The Morgan fingerprint density at radius 2 is 0.818 bits per heavy atom. The van der Waals surface area contributed by atoms with Crippen LogP contribution in [-0.2, 0) is 23.8 Å². The average molecular weight is 1240 g/mol. The number of hydrogen-bond donors (Lipinski definition) is 6. The molecule has 1 rings (SSSR count). The molecule has 8 unspecified atom stereocenters. The minimum absolute atomic E-state index is 0.127. The minimum atomic E-state index is -1.61. The van der Waals surface area contributed by atoms with Gasteiger partial charge in [-0.05, 0) is 70.6 Å². The molecule has 1 heterocycles. The standard InChI is InChI=1S/C77H139NO10/c1-4-7-10-13-16-19-22-25-27-29-31-33-34-35-36-37-39-40-42-44-46-49-52-55-58-61-64-70(81)76(85)78-68(69(80)63-60-57-54-51-48-24-21-18-15-12-9-6-3)67-86-77-75(74(84)73(83)71(66-79)87-77)88-72(82)65-62-59-56-53-50-47-45-43-41-38-32-30-28-26-23-20-17-14-11-8-5-2/h7,10,16,19,25,27,31,33,35-36,60,63,68-71,73-75,77,79-81,83-84H,4-6,8-9,11-15,17-18,20-24,26,28-30,32,34,37-59,61-62,64-67H2,1-3H3,(H,78,85)/b10-7-,19-16-,27-25-,33-31-,36-35-,63-60+. The van der Waals surface area contributed by atoms with Gasteiger partial charge in [-0.2, -0.15) is 0 Å². The number of aliphatic hydroxyl groups excluding tert-OH is 5. The average Bonchev–Trinajstić information content (AvgIpc) is 1.25. The Kier molecular flexibility index (Phi) is 60.6. The topological polar surface area (TPSA) is 175 Å². The Hall–Kier alpha value is -2.90. The first kappa shape index (κ1) is 83.1. The number of rotatable bonds is 64. The third-order valence-electron chi connectivity index (χ3n) is 17.4. The second-order valence-corrected chi connectivity index (χ2v) is 25.7. The summed E-state index contributed by atoms with van der Waals surface area (Å²) >= 11 is 0. The number of aliphatic hydroxyl groups is 5. The summed E-state index contributed by atoms with van der Waals surface area (Å²) in [5, 5.41) is 57.3. The summed E-state index contributed by atoms with van der Waals surface area (Å²) in [7, 11) is 0. The highest BCUT2D eigenvalue weighted by molar-refractivity contribution is 5.80. The normalized spacial score (nSPS) is 18.6. The van der Waals surface area contributed by atoms with E-state index < -0.39 is 67.4 Å². The summed E-state index contributed by atoms with van der Waals surface area (Å²) in [5.41, 5.74) is 0. The van der Waals surface area contributed by atoms with Gasteiger partial charge in [0, 0.05) is 6.42 Å². The Morgan fingerprint density at radius 1 is 0.455 bits per heavy atom. The number of carbonyl (C=O) groups is 2. The largest absolute Gasteiger partial charge is 0.454 e. The van der Waals surface area contributed by atoms with Gasteiger partial charge in [0.15, 0.2) is 12.4 Å². The van der Waals surface area contributed by atoms with E-state index in [-0.39, 0.29) is 19.4 Å². The fourth-order valence-electron chi connectivity index (χ4n) is 11.6. The summed E-state index contributed by atoms with van der Waals surface area (Å²) in [6.07, 6.45) is 73.7. The van der Waals surface area contributed by atoms with Crippen molar-refractivity contribution in [2.24, 2.45) is 0 Å². The van der Waals surface area contributed by atoms with Crippen LogP contribution in [0, 0.1) is 0 Å². The van der Waals surface area contributed by atoms with Crippen LogP contribution >= 0.6 is 0 Å². The zero-order valence-electron chi connectivity index (χ0n) is 57.1. The number of amides is 1. The van der Waals surface area contributed by atoms with Crippen LogP contribution in [0.15, 0.2) is 72.9 Å². The van der Waals surface area contributed by atoms with E-state index in [0.29, 0.717) is 12.8 Å². The van der Waals surface area contributed by atoms with Gasteiger partial charge in [-0.3, -0.25) is 9.59 Å². The maximum atomic E-state index is 13.5. The van der Waals surface area contributed by atoms with Gasteiger partial charge < -0.3 is 45.1 Å². The predicted molar refractivity (Wildman–Crippen MR) is 370 cm³/mol. The van der Waals surface area contributed by atoms with Crippen molar-refractivity contribution in [3.63, 3.8) is 0 Å². The van der Waals surface area contributed by atoms with E-state index in [0.717, 1.165) is 96.3 Å². The molecular formula is C77H139NO10. The van der Waals surface area contributed by atoms with Crippen molar-refractivity contribution >= 4 is 11.9 Å². The molecule has 8 atom stereocenters. The molecule has 1 aliphatic heterocycles. The number of ether oxygens (including phenoxy) is 3. The molecule has 1 amide bonds. The van der Waals surface area contributed by atoms with Crippen LogP contribution < -0.4 is 5.32 Å². The van der Waals surface area contributed by atoms with E-state index in [2.05, 4.69) is 86.8 Å². The monoisotopic (exact) mass is 1240 g/mol. The van der Waals surface area contributed by atoms with Crippen molar-refractivity contribution in [3.05, 3.63) is 72.9 Å². The molecule has 6 N–H and O–H groups in total. The first-order chi connectivity index (χ1) is 43.2. The van der Waals surface area contributed by atoms with Crippen molar-refractivity contribution in [3.8, 4) is 0 Å². The van der Waals surface area contributed by atoms with E-state index in [4.69, 9.17) is 14.2 Å². The molecule has 11 nitrogen and oxygen atoms in total. The highest BCUT2D eigenvalue weighted by Crippen LogP contribution is 2.26. The van der Waals surface area contributed by atoms with Crippen LogP contribution in [0.4, 0.5) is 0 Å². The summed E-state index contributed by atoms with van der Waals surface area (Å²) in [6.45, 7) is 5.72. The lowest BCUT2D eigenvalue weighted by Crippen LogP contribution is -2.61. The van der Waals surface area contributed by atoms with Gasteiger partial charge in [-0.1, -0.05) is 338 Å². The molecule has 0 aromatic carbocycles. The number of carbonyl (C=O) groups excluding carboxylic acids is 2. The summed E-state index contributed by atoms with van der Waals surface area (Å²) in [6, 6.07) is -1.03. The molecule has 0 aromatic rings. The van der Waals surface area contributed by atoms with Crippen molar-refractivity contribution < 1.29 is 49.3 Å². The molecule has 1 saturated heterocycles. The SMILES string of the molecule is CC/C=C\C/C=C\C/C=C\C/C=C\C/C=C\CCCCCCCCCCCCC(O)C(=O)NC(COC1OC(CO)C(O)C(O)C1OC(=O)CCCCCCCCCCCCCCCCCCCCCCC)C(O)/C=C/CCCCCCCCCCCC. The molecule has 0 aliphatic carbocycles. The second-order valence-electron chi connectivity index (χ2n) is 25.7. The Bertz CT molecular complexity index is 1710. The molecule has 0 radical (unpaired) electrons. The Labute approximate surface area is 541 Å². The van der Waals surface area contributed by atoms with Gasteiger partial charge in [0.2, 0.25) is 5.91 Å². The molecule has 0 saturated carbocycles. The second kappa shape index (κ2) is 64.2. The quantitative estimate of drug-likeness (QED) is 0.0195. The third-order valence-corrected chi connectivity index (χ3v) is 17.4. The number of nitrogens with one attached hydrogen (secondary N) is 1. The molecule has 88 heavy (non-hydrogen) atoms. The van der Waals surface area contributed by atoms with Crippen molar-refractivity contribution in [2.45, 2.75) is 391 Å². The van der Waals surface area contributed by atoms with Gasteiger partial charge in [-0.15, -0.1) is 0 Å². The Morgan fingerprint density at radius 3 is 1.23 bits per heavy atom. The van der Waals surface area contributed by atoms with E-state index >= 15 is 0 Å². The van der Waals surface area contributed by atoms with E-state index in [1.54, 1.807) is 6.08 Å². The lowest BCUT2D eigenvalue weighted by molar-refractivity contribution is -0.305. The molecule has 0 spiro atoms. The fourth-order valence-corrected chi connectivity index (χ4v) is 11.6. The molecule has 0 aromatic heterocycles. The Balaban J connectivity index is 2.54. The van der Waals surface area contributed by atoms with Gasteiger partial charge in [0.05, 0.1) is 25.4 Å². The maximum Gasteiger partial charge on any atom is 0.306 e. The summed E-state index contributed by atoms with van der Waals surface area (Å²) < 4.78 is 17.7. The number of unbranched alkanes of at least 4 members (excludes halogenated alkanes) is 40. The predicted octanol–water partition coefficient (Wildman–Crippen LogP) is 19.5. The summed E-state index contributed by atoms with van der Waals surface area (Å²) in [5.74, 6) is -1.19. The minimum Gasteiger partial charge on any atom is -0.454 e. The van der Waals surface area contributed by atoms with E-state index in [1.165, 1.54) is 199 Å². The van der Waals surface area contributed by atoms with Crippen LogP contribution in [0.3, 0.4) is 0 Å². The lowest BCUT2D eigenvalue weighted by atomic mass is 9.99. The van der Waals surface area contributed by atoms with Gasteiger partial charge >= 0.3 is 5.97 Å². The van der Waals surface area contributed by atoms with Crippen LogP contribution in [-0.4, -0.2) is 99.6 Å². The maximum absolute atomic E-state index is 13.5. The molecule has 0 bridgehead atoms. The van der Waals surface area contributed by atoms with Gasteiger partial charge in [0.25, 0.3) is 0 Å². The van der Waals surface area contributed by atoms with Crippen molar-refractivity contribution in [1.82, 2.24) is 5.32 Å². The molecular weight excluding hydrogens is 1100 g/mol. The van der Waals surface area contributed by atoms with Gasteiger partial charge in [0.1, 0.15) is 24.4 Å². The fraction of sp³-hybridized carbons (Fsp3) is 0.818. The van der Waals surface area contributed by atoms with Crippen LogP contribution in [0.25, 0.3) is 0 Å². The van der Waals surface area contributed by atoms with Crippen LogP contribution in [0.5, 0.6) is 0 Å². The number of hydrogen-bond acceptors (Lipinski definition) is 10. The van der Waals surface area contributed by atoms with Gasteiger partial charge in [-0.25, -0.2) is 0 Å². The first-order valence-electron chi connectivity index (χ1n) is 37.2. The molecule has 1 aliphatic rings. The smallest absolute Gasteiger partial charge is 0.306 e. The van der Waals surface area contributed by atoms with Crippen molar-refractivity contribution in [1.29, 1.82) is 0 Å². The number of esters is 1.